The summed E-state index contributed by atoms with van der Waals surface area (Å²) in [6.45, 7) is 0. The molecule has 0 aliphatic carbocycles. The van der Waals surface area contributed by atoms with Gasteiger partial charge in [-0.2, -0.15) is 0 Å². The Bertz CT molecular complexity index is 732. The van der Waals surface area contributed by atoms with Crippen LogP contribution in [0.15, 0.2) is 70.5 Å². The van der Waals surface area contributed by atoms with Crippen molar-refractivity contribution in [3.8, 4) is 0 Å². The van der Waals surface area contributed by atoms with Gasteiger partial charge in [-0.05, 0) is 23.8 Å². The molecule has 0 fully saturated rings. The summed E-state index contributed by atoms with van der Waals surface area (Å²) in [6.07, 6.45) is 1.16. The monoisotopic (exact) mass is 288 g/mol. The second-order valence-electron chi connectivity index (χ2n) is 4.04. The number of carboxylic acid groups (broad SMARTS) is 1. The third-order valence-corrected chi connectivity index (χ3v) is 4.42. The molecule has 2 aromatic rings. The van der Waals surface area contributed by atoms with E-state index >= 15 is 0 Å². The van der Waals surface area contributed by atoms with Gasteiger partial charge >= 0.3 is 5.97 Å². The molecule has 0 aliphatic rings. The lowest BCUT2D eigenvalue weighted by molar-refractivity contribution is -0.131. The van der Waals surface area contributed by atoms with Crippen molar-refractivity contribution in [1.82, 2.24) is 0 Å². The molecular formula is C15H12O4S. The molecule has 1 N–H and O–H groups in total. The summed E-state index contributed by atoms with van der Waals surface area (Å²) >= 11 is 0. The molecule has 0 bridgehead atoms. The smallest absolute Gasteiger partial charge is 0.347 e. The maximum atomic E-state index is 12.3. The largest absolute Gasteiger partial charge is 0.477 e. The van der Waals surface area contributed by atoms with Crippen LogP contribution in [-0.2, 0) is 14.6 Å². The summed E-state index contributed by atoms with van der Waals surface area (Å²) in [4.78, 5) is 10.6. The van der Waals surface area contributed by atoms with Gasteiger partial charge in [-0.3, -0.25) is 0 Å². The fourth-order valence-electron chi connectivity index (χ4n) is 1.68. The van der Waals surface area contributed by atoms with E-state index in [1.165, 1.54) is 12.1 Å². The minimum absolute atomic E-state index is 0.0374. The maximum Gasteiger partial charge on any atom is 0.347 e. The Kier molecular flexibility index (Phi) is 4.00. The molecule has 0 atom stereocenters. The Labute approximate surface area is 116 Å². The molecule has 0 saturated heterocycles. The van der Waals surface area contributed by atoms with Crippen molar-refractivity contribution in [2.75, 3.05) is 0 Å². The zero-order valence-electron chi connectivity index (χ0n) is 10.4. The summed E-state index contributed by atoms with van der Waals surface area (Å²) in [5.41, 5.74) is 0.518. The second-order valence-corrected chi connectivity index (χ2v) is 5.96. The van der Waals surface area contributed by atoms with E-state index in [1.807, 2.05) is 0 Å². The van der Waals surface area contributed by atoms with Gasteiger partial charge in [-0.1, -0.05) is 48.5 Å². The third-order valence-electron chi connectivity index (χ3n) is 2.65. The molecule has 20 heavy (non-hydrogen) atoms. The van der Waals surface area contributed by atoms with Crippen LogP contribution in [0.4, 0.5) is 0 Å². The highest BCUT2D eigenvalue weighted by Gasteiger charge is 2.26. The molecule has 0 spiro atoms. The van der Waals surface area contributed by atoms with E-state index in [9.17, 15) is 18.3 Å². The van der Waals surface area contributed by atoms with Crippen molar-refractivity contribution in [3.05, 3.63) is 71.1 Å². The van der Waals surface area contributed by atoms with E-state index in [1.54, 1.807) is 48.5 Å². The van der Waals surface area contributed by atoms with Crippen molar-refractivity contribution in [2.45, 2.75) is 4.90 Å². The first-order chi connectivity index (χ1) is 9.51. The van der Waals surface area contributed by atoms with E-state index in [4.69, 9.17) is 0 Å². The SMILES string of the molecule is O=C(O)/C(=C\c1ccccc1)S(=O)(=O)c1ccccc1. The number of hydrogen-bond donors (Lipinski definition) is 1. The van der Waals surface area contributed by atoms with Crippen LogP contribution in [-0.4, -0.2) is 19.5 Å². The Morgan fingerprint density at radius 2 is 1.40 bits per heavy atom. The molecule has 0 unspecified atom stereocenters. The van der Waals surface area contributed by atoms with Gasteiger partial charge in [0.15, 0.2) is 4.91 Å². The Morgan fingerprint density at radius 3 is 1.90 bits per heavy atom. The highest BCUT2D eigenvalue weighted by atomic mass is 32.2. The first-order valence-corrected chi connectivity index (χ1v) is 7.30. The number of benzene rings is 2. The van der Waals surface area contributed by atoms with Crippen molar-refractivity contribution in [3.63, 3.8) is 0 Å². The fraction of sp³-hybridized carbons (Fsp3) is 0. The van der Waals surface area contributed by atoms with Crippen molar-refractivity contribution >= 4 is 21.9 Å². The molecule has 2 rings (SSSR count). The van der Waals surface area contributed by atoms with Gasteiger partial charge in [0, 0.05) is 0 Å². The molecule has 0 heterocycles. The summed E-state index contributed by atoms with van der Waals surface area (Å²) in [5.74, 6) is -1.47. The third kappa shape index (κ3) is 2.95. The predicted octanol–water partition coefficient (Wildman–Crippen LogP) is 2.59. The minimum Gasteiger partial charge on any atom is -0.477 e. The zero-order valence-corrected chi connectivity index (χ0v) is 11.2. The van der Waals surface area contributed by atoms with Crippen LogP contribution in [0.25, 0.3) is 6.08 Å². The molecule has 0 radical (unpaired) electrons. The van der Waals surface area contributed by atoms with Gasteiger partial charge in [0.2, 0.25) is 9.84 Å². The van der Waals surface area contributed by atoms with E-state index in [0.717, 1.165) is 6.08 Å². The van der Waals surface area contributed by atoms with Crippen LogP contribution in [0.3, 0.4) is 0 Å². The van der Waals surface area contributed by atoms with Gasteiger partial charge in [-0.15, -0.1) is 0 Å². The number of sulfone groups is 1. The second kappa shape index (κ2) is 5.71. The number of carbonyl (C=O) groups is 1. The van der Waals surface area contributed by atoms with Crippen LogP contribution in [0.5, 0.6) is 0 Å². The minimum atomic E-state index is -4.04. The standard InChI is InChI=1S/C15H12O4S/c16-15(17)14(11-12-7-3-1-4-8-12)20(18,19)13-9-5-2-6-10-13/h1-11H,(H,16,17)/b14-11+. The van der Waals surface area contributed by atoms with Crippen molar-refractivity contribution < 1.29 is 18.3 Å². The van der Waals surface area contributed by atoms with E-state index < -0.39 is 20.7 Å². The number of hydrogen-bond acceptors (Lipinski definition) is 3. The average Bonchev–Trinajstić information content (AvgIpc) is 2.46. The van der Waals surface area contributed by atoms with Crippen molar-refractivity contribution in [2.24, 2.45) is 0 Å². The van der Waals surface area contributed by atoms with Gasteiger partial charge < -0.3 is 5.11 Å². The molecule has 4 nitrogen and oxygen atoms in total. The summed E-state index contributed by atoms with van der Waals surface area (Å²) < 4.78 is 24.7. The molecule has 0 aliphatic heterocycles. The summed E-state index contributed by atoms with van der Waals surface area (Å²) in [5, 5.41) is 9.18. The summed E-state index contributed by atoms with van der Waals surface area (Å²) in [7, 11) is -4.04. The lowest BCUT2D eigenvalue weighted by Gasteiger charge is -2.05. The lowest BCUT2D eigenvalue weighted by Crippen LogP contribution is -2.13. The average molecular weight is 288 g/mol. The molecule has 0 saturated carbocycles. The maximum absolute atomic E-state index is 12.3. The topological polar surface area (TPSA) is 71.4 Å². The number of carboxylic acids is 1. The Morgan fingerprint density at radius 1 is 0.900 bits per heavy atom. The van der Waals surface area contributed by atoms with Crippen molar-refractivity contribution in [1.29, 1.82) is 0 Å². The van der Waals surface area contributed by atoms with Gasteiger partial charge in [0.05, 0.1) is 4.90 Å². The molecular weight excluding hydrogens is 276 g/mol. The Hall–Kier alpha value is -2.40. The number of rotatable bonds is 4. The van der Waals surface area contributed by atoms with Crippen LogP contribution >= 0.6 is 0 Å². The first-order valence-electron chi connectivity index (χ1n) is 5.82. The van der Waals surface area contributed by atoms with Crippen LogP contribution in [0.1, 0.15) is 5.56 Å². The molecule has 0 amide bonds. The van der Waals surface area contributed by atoms with E-state index in [0.29, 0.717) is 5.56 Å². The molecule has 2 aromatic carbocycles. The molecule has 0 aromatic heterocycles. The van der Waals surface area contributed by atoms with Gasteiger partial charge in [-0.25, -0.2) is 13.2 Å². The predicted molar refractivity (Wildman–Crippen MR) is 75.7 cm³/mol. The fourth-order valence-corrected chi connectivity index (χ4v) is 2.97. The highest BCUT2D eigenvalue weighted by Crippen LogP contribution is 2.21. The van der Waals surface area contributed by atoms with E-state index in [2.05, 4.69) is 0 Å². The normalized spacial score (nSPS) is 12.1. The Balaban J connectivity index is 2.56. The van der Waals surface area contributed by atoms with Crippen LogP contribution in [0, 0.1) is 0 Å². The van der Waals surface area contributed by atoms with Gasteiger partial charge in [0.25, 0.3) is 0 Å². The summed E-state index contributed by atoms with van der Waals surface area (Å²) in [6, 6.07) is 16.0. The molecule has 5 heteroatoms. The highest BCUT2D eigenvalue weighted by molar-refractivity contribution is 7.96. The van der Waals surface area contributed by atoms with Crippen LogP contribution in [0.2, 0.25) is 0 Å². The zero-order chi connectivity index (χ0) is 14.6. The quantitative estimate of drug-likeness (QED) is 0.878. The van der Waals surface area contributed by atoms with Gasteiger partial charge in [0.1, 0.15) is 0 Å². The number of aliphatic carboxylic acids is 1. The van der Waals surface area contributed by atoms with E-state index in [-0.39, 0.29) is 4.90 Å². The molecule has 102 valence electrons. The first kappa shape index (κ1) is 14.0. The van der Waals surface area contributed by atoms with Crippen LogP contribution < -0.4 is 0 Å². The lowest BCUT2D eigenvalue weighted by atomic mass is 10.2.